The predicted molar refractivity (Wildman–Crippen MR) is 71.9 cm³/mol. The highest BCUT2D eigenvalue weighted by atomic mass is 16.5. The van der Waals surface area contributed by atoms with Crippen molar-refractivity contribution in [3.63, 3.8) is 0 Å². The van der Waals surface area contributed by atoms with Gasteiger partial charge in [-0.2, -0.15) is 0 Å². The summed E-state index contributed by atoms with van der Waals surface area (Å²) in [5.74, 6) is -0.648. The third kappa shape index (κ3) is 5.59. The van der Waals surface area contributed by atoms with Gasteiger partial charge in [-0.05, 0) is 39.0 Å². The summed E-state index contributed by atoms with van der Waals surface area (Å²) in [6.07, 6.45) is 5.04. The Balaban J connectivity index is 2.46. The second-order valence-corrected chi connectivity index (χ2v) is 5.25. The Kier molecular flexibility index (Phi) is 6.84. The van der Waals surface area contributed by atoms with Crippen LogP contribution >= 0.6 is 0 Å². The lowest BCUT2D eigenvalue weighted by molar-refractivity contribution is -0.140. The monoisotopic (exact) mass is 271 g/mol. The van der Waals surface area contributed by atoms with Crippen molar-refractivity contribution in [1.82, 2.24) is 4.90 Å². The number of aliphatic carboxylic acids is 1. The molecule has 1 fully saturated rings. The second-order valence-electron chi connectivity index (χ2n) is 5.25. The molecular formula is C14H25NO4. The molecule has 19 heavy (non-hydrogen) atoms. The van der Waals surface area contributed by atoms with E-state index in [9.17, 15) is 9.59 Å². The summed E-state index contributed by atoms with van der Waals surface area (Å²) in [5.41, 5.74) is 0. The first kappa shape index (κ1) is 16.0. The number of hydrogen-bond donors (Lipinski definition) is 1. The number of carbonyl (C=O) groups is 2. The van der Waals surface area contributed by atoms with E-state index in [1.165, 1.54) is 0 Å². The predicted octanol–water partition coefficient (Wildman–Crippen LogP) is 2.05. The van der Waals surface area contributed by atoms with Crippen LogP contribution in [-0.4, -0.2) is 47.7 Å². The Hall–Kier alpha value is -1.10. The number of hydrogen-bond acceptors (Lipinski definition) is 3. The van der Waals surface area contributed by atoms with Crippen molar-refractivity contribution < 1.29 is 19.4 Å². The summed E-state index contributed by atoms with van der Waals surface area (Å²) in [6, 6.07) is 0.107. The van der Waals surface area contributed by atoms with E-state index >= 15 is 0 Å². The van der Waals surface area contributed by atoms with Crippen LogP contribution in [0.1, 0.15) is 51.9 Å². The van der Waals surface area contributed by atoms with E-state index in [1.54, 1.807) is 7.11 Å². The first-order chi connectivity index (χ1) is 9.04. The van der Waals surface area contributed by atoms with Crippen LogP contribution in [0.2, 0.25) is 0 Å². The van der Waals surface area contributed by atoms with Crippen molar-refractivity contribution in [3.05, 3.63) is 0 Å². The van der Waals surface area contributed by atoms with E-state index in [4.69, 9.17) is 9.84 Å². The van der Waals surface area contributed by atoms with Gasteiger partial charge in [-0.15, -0.1) is 0 Å². The van der Waals surface area contributed by atoms with Gasteiger partial charge in [0.2, 0.25) is 5.91 Å². The van der Waals surface area contributed by atoms with Crippen LogP contribution in [0.5, 0.6) is 0 Å². The number of nitrogens with zero attached hydrogens (tertiary/aromatic N) is 1. The summed E-state index contributed by atoms with van der Waals surface area (Å²) in [4.78, 5) is 24.7. The van der Waals surface area contributed by atoms with E-state index in [0.717, 1.165) is 32.2 Å². The van der Waals surface area contributed by atoms with Crippen LogP contribution < -0.4 is 0 Å². The molecule has 1 saturated heterocycles. The quantitative estimate of drug-likeness (QED) is 0.769. The normalized spacial score (nSPS) is 21.2. The molecule has 0 aromatic rings. The van der Waals surface area contributed by atoms with Crippen LogP contribution in [0.25, 0.3) is 0 Å². The summed E-state index contributed by atoms with van der Waals surface area (Å²) in [7, 11) is 1.64. The van der Waals surface area contributed by atoms with Crippen LogP contribution in [0.3, 0.4) is 0 Å². The fourth-order valence-electron chi connectivity index (χ4n) is 2.51. The van der Waals surface area contributed by atoms with E-state index in [1.807, 2.05) is 11.8 Å². The zero-order valence-corrected chi connectivity index (χ0v) is 11.9. The van der Waals surface area contributed by atoms with Gasteiger partial charge in [0.1, 0.15) is 0 Å². The van der Waals surface area contributed by atoms with Crippen LogP contribution in [-0.2, 0) is 14.3 Å². The molecule has 0 aliphatic carbocycles. The molecular weight excluding hydrogens is 246 g/mol. The number of methoxy groups -OCH3 is 1. The fraction of sp³-hybridized carbons (Fsp3) is 0.857. The van der Waals surface area contributed by atoms with E-state index in [2.05, 4.69) is 0 Å². The zero-order valence-electron chi connectivity index (χ0n) is 11.9. The molecule has 1 aliphatic heterocycles. The highest BCUT2D eigenvalue weighted by Gasteiger charge is 2.26. The van der Waals surface area contributed by atoms with Crippen LogP contribution in [0.4, 0.5) is 0 Å². The number of amides is 1. The van der Waals surface area contributed by atoms with E-state index in [0.29, 0.717) is 12.8 Å². The van der Waals surface area contributed by atoms with E-state index in [-0.39, 0.29) is 24.5 Å². The molecule has 2 unspecified atom stereocenters. The molecule has 110 valence electrons. The average Bonchev–Trinajstić information content (AvgIpc) is 2.42. The Morgan fingerprint density at radius 2 is 2.11 bits per heavy atom. The summed E-state index contributed by atoms with van der Waals surface area (Å²) >= 11 is 0. The molecule has 5 heteroatoms. The Bertz CT molecular complexity index is 306. The van der Waals surface area contributed by atoms with Crippen molar-refractivity contribution in [1.29, 1.82) is 0 Å². The van der Waals surface area contributed by atoms with Crippen molar-refractivity contribution in [2.24, 2.45) is 0 Å². The van der Waals surface area contributed by atoms with Crippen LogP contribution in [0, 0.1) is 0 Å². The first-order valence-corrected chi connectivity index (χ1v) is 7.08. The third-order valence-corrected chi connectivity index (χ3v) is 3.81. The van der Waals surface area contributed by atoms with Crippen molar-refractivity contribution in [3.8, 4) is 0 Å². The van der Waals surface area contributed by atoms with E-state index < -0.39 is 5.97 Å². The smallest absolute Gasteiger partial charge is 0.303 e. The Morgan fingerprint density at radius 1 is 1.37 bits per heavy atom. The van der Waals surface area contributed by atoms with Gasteiger partial charge in [-0.3, -0.25) is 9.59 Å². The summed E-state index contributed by atoms with van der Waals surface area (Å²) in [5, 5.41) is 8.76. The molecule has 1 heterocycles. The lowest BCUT2D eigenvalue weighted by Crippen LogP contribution is -2.44. The topological polar surface area (TPSA) is 66.8 Å². The largest absolute Gasteiger partial charge is 0.481 e. The van der Waals surface area contributed by atoms with Gasteiger partial charge in [-0.1, -0.05) is 0 Å². The number of carboxylic acids is 1. The van der Waals surface area contributed by atoms with Gasteiger partial charge in [0.15, 0.2) is 0 Å². The second kappa shape index (κ2) is 8.15. The molecule has 0 aromatic heterocycles. The molecule has 0 aromatic carbocycles. The number of rotatable bonds is 7. The highest BCUT2D eigenvalue weighted by Crippen LogP contribution is 2.22. The number of likely N-dealkylation sites (tertiary alicyclic amines) is 1. The van der Waals surface area contributed by atoms with Crippen molar-refractivity contribution >= 4 is 11.9 Å². The minimum absolute atomic E-state index is 0.0891. The fourth-order valence-corrected chi connectivity index (χ4v) is 2.51. The first-order valence-electron chi connectivity index (χ1n) is 7.08. The molecule has 0 spiro atoms. The standard InChI is InChI=1S/C14H25NO4/c1-11(19-2)6-8-13(16)15-10-4-3-5-12(15)7-9-14(17)18/h11-12H,3-10H2,1-2H3,(H,17,18). The molecule has 0 saturated carbocycles. The van der Waals surface area contributed by atoms with Gasteiger partial charge in [-0.25, -0.2) is 0 Å². The minimum atomic E-state index is -0.786. The number of ether oxygens (including phenoxy) is 1. The Morgan fingerprint density at radius 3 is 2.74 bits per heavy atom. The van der Waals surface area contributed by atoms with Gasteiger partial charge in [0, 0.05) is 32.5 Å². The van der Waals surface area contributed by atoms with Gasteiger partial charge in [0.25, 0.3) is 0 Å². The SMILES string of the molecule is COC(C)CCC(=O)N1CCCCC1CCC(=O)O. The maximum Gasteiger partial charge on any atom is 0.303 e. The number of carboxylic acid groups (broad SMARTS) is 1. The maximum absolute atomic E-state index is 12.2. The van der Waals surface area contributed by atoms with Crippen molar-refractivity contribution in [2.75, 3.05) is 13.7 Å². The van der Waals surface area contributed by atoms with Crippen molar-refractivity contribution in [2.45, 2.75) is 64.0 Å². The lowest BCUT2D eigenvalue weighted by Gasteiger charge is -2.36. The minimum Gasteiger partial charge on any atom is -0.481 e. The average molecular weight is 271 g/mol. The summed E-state index contributed by atoms with van der Waals surface area (Å²) in [6.45, 7) is 2.72. The van der Waals surface area contributed by atoms with Crippen LogP contribution in [0.15, 0.2) is 0 Å². The molecule has 5 nitrogen and oxygen atoms in total. The molecule has 0 radical (unpaired) electrons. The molecule has 2 atom stereocenters. The van der Waals surface area contributed by atoms with Gasteiger partial charge in [0.05, 0.1) is 6.10 Å². The molecule has 1 N–H and O–H groups in total. The Labute approximate surface area is 114 Å². The number of piperidine rings is 1. The number of carbonyl (C=O) groups excluding carboxylic acids is 1. The van der Waals surface area contributed by atoms with Gasteiger partial charge < -0.3 is 14.7 Å². The lowest BCUT2D eigenvalue weighted by atomic mass is 9.97. The third-order valence-electron chi connectivity index (χ3n) is 3.81. The molecule has 1 aliphatic rings. The zero-order chi connectivity index (χ0) is 14.3. The molecule has 1 amide bonds. The maximum atomic E-state index is 12.2. The molecule has 1 rings (SSSR count). The van der Waals surface area contributed by atoms with Gasteiger partial charge >= 0.3 is 5.97 Å². The molecule has 0 bridgehead atoms. The summed E-state index contributed by atoms with van der Waals surface area (Å²) < 4.78 is 5.15. The highest BCUT2D eigenvalue weighted by molar-refractivity contribution is 5.76.